The molecular formula is C18H31IN4O2. The van der Waals surface area contributed by atoms with Crippen LogP contribution in [0.3, 0.4) is 0 Å². The lowest BCUT2D eigenvalue weighted by Crippen LogP contribution is -2.40. The molecule has 0 bridgehead atoms. The summed E-state index contributed by atoms with van der Waals surface area (Å²) >= 11 is 0. The van der Waals surface area contributed by atoms with E-state index < -0.39 is 0 Å². The highest BCUT2D eigenvalue weighted by molar-refractivity contribution is 14.0. The minimum atomic E-state index is -0.0114. The van der Waals surface area contributed by atoms with Crippen molar-refractivity contribution in [2.75, 3.05) is 41.3 Å². The fourth-order valence-corrected chi connectivity index (χ4v) is 2.05. The third kappa shape index (κ3) is 8.94. The van der Waals surface area contributed by atoms with Gasteiger partial charge in [0.25, 0.3) is 0 Å². The van der Waals surface area contributed by atoms with Crippen LogP contribution in [0.1, 0.15) is 25.3 Å². The van der Waals surface area contributed by atoms with Gasteiger partial charge in [-0.3, -0.25) is 4.79 Å². The van der Waals surface area contributed by atoms with E-state index in [1.165, 1.54) is 0 Å². The van der Waals surface area contributed by atoms with Crippen molar-refractivity contribution >= 4 is 35.8 Å². The Morgan fingerprint density at radius 1 is 1.20 bits per heavy atom. The quantitative estimate of drug-likeness (QED) is 0.279. The second-order valence-corrected chi connectivity index (χ2v) is 5.91. The van der Waals surface area contributed by atoms with E-state index in [1.54, 1.807) is 26.1 Å². The minimum absolute atomic E-state index is 0. The molecule has 0 atom stereocenters. The number of rotatable bonds is 8. The summed E-state index contributed by atoms with van der Waals surface area (Å²) < 4.78 is 5.18. The minimum Gasteiger partial charge on any atom is -0.497 e. The smallest absolute Gasteiger partial charge is 0.243 e. The number of hydrogen-bond donors (Lipinski definition) is 1. The first-order valence-corrected chi connectivity index (χ1v) is 8.30. The normalized spacial score (nSPS) is 10.7. The van der Waals surface area contributed by atoms with Gasteiger partial charge in [0.2, 0.25) is 5.91 Å². The summed E-state index contributed by atoms with van der Waals surface area (Å²) in [5.41, 5.74) is 1.15. The van der Waals surface area contributed by atoms with Gasteiger partial charge in [0.1, 0.15) is 12.3 Å². The van der Waals surface area contributed by atoms with Crippen molar-refractivity contribution in [2.45, 2.75) is 26.3 Å². The Morgan fingerprint density at radius 2 is 1.84 bits per heavy atom. The molecule has 0 saturated carbocycles. The van der Waals surface area contributed by atoms with E-state index in [1.807, 2.05) is 36.2 Å². The summed E-state index contributed by atoms with van der Waals surface area (Å²) in [5, 5.41) is 3.34. The molecule has 0 aliphatic heterocycles. The summed E-state index contributed by atoms with van der Waals surface area (Å²) in [5.74, 6) is 1.57. The van der Waals surface area contributed by atoms with Crippen LogP contribution in [0.5, 0.6) is 5.75 Å². The van der Waals surface area contributed by atoms with Crippen LogP contribution in [0, 0.1) is 0 Å². The SMILES string of the molecule is CCCCNC(=NCC(=O)N(C)C)N(C)Cc1ccc(OC)cc1.I. The third-order valence-corrected chi connectivity index (χ3v) is 3.62. The third-order valence-electron chi connectivity index (χ3n) is 3.62. The number of aliphatic imine (C=N–C) groups is 1. The molecule has 0 aliphatic carbocycles. The first kappa shape index (κ1) is 23.5. The van der Waals surface area contributed by atoms with Gasteiger partial charge in [0.15, 0.2) is 5.96 Å². The number of unbranched alkanes of at least 4 members (excludes halogenated alkanes) is 1. The number of carbonyl (C=O) groups excluding carboxylic acids is 1. The first-order valence-electron chi connectivity index (χ1n) is 8.30. The predicted molar refractivity (Wildman–Crippen MR) is 114 cm³/mol. The fourth-order valence-electron chi connectivity index (χ4n) is 2.05. The van der Waals surface area contributed by atoms with Crippen LogP contribution in [-0.4, -0.2) is 63.0 Å². The fraction of sp³-hybridized carbons (Fsp3) is 0.556. The van der Waals surface area contributed by atoms with Crippen molar-refractivity contribution in [2.24, 2.45) is 4.99 Å². The number of hydrogen-bond acceptors (Lipinski definition) is 3. The van der Waals surface area contributed by atoms with Crippen molar-refractivity contribution in [3.63, 3.8) is 0 Å². The van der Waals surface area contributed by atoms with Crippen molar-refractivity contribution in [3.8, 4) is 5.75 Å². The second kappa shape index (κ2) is 12.8. The highest BCUT2D eigenvalue weighted by Gasteiger charge is 2.09. The molecule has 0 fully saturated rings. The zero-order valence-electron chi connectivity index (χ0n) is 15.9. The van der Waals surface area contributed by atoms with Crippen molar-refractivity contribution in [1.29, 1.82) is 0 Å². The van der Waals surface area contributed by atoms with Crippen LogP contribution in [0.2, 0.25) is 0 Å². The van der Waals surface area contributed by atoms with Gasteiger partial charge >= 0.3 is 0 Å². The number of halogens is 1. The Balaban J connectivity index is 0.00000576. The van der Waals surface area contributed by atoms with Gasteiger partial charge in [-0.05, 0) is 24.1 Å². The summed E-state index contributed by atoms with van der Waals surface area (Å²) in [4.78, 5) is 19.8. The van der Waals surface area contributed by atoms with Crippen LogP contribution < -0.4 is 10.1 Å². The maximum atomic E-state index is 11.8. The molecule has 0 saturated heterocycles. The average Bonchev–Trinajstić information content (AvgIpc) is 2.58. The topological polar surface area (TPSA) is 57.2 Å². The molecule has 25 heavy (non-hydrogen) atoms. The van der Waals surface area contributed by atoms with E-state index in [2.05, 4.69) is 17.2 Å². The molecule has 1 N–H and O–H groups in total. The molecule has 1 amide bonds. The number of nitrogens with zero attached hydrogens (tertiary/aromatic N) is 3. The molecule has 1 aromatic rings. The molecule has 142 valence electrons. The number of ether oxygens (including phenoxy) is 1. The van der Waals surface area contributed by atoms with Crippen LogP contribution in [0.15, 0.2) is 29.3 Å². The summed E-state index contributed by atoms with van der Waals surface area (Å²) in [6.45, 7) is 3.85. The number of likely N-dealkylation sites (N-methyl/N-ethyl adjacent to an activating group) is 1. The van der Waals surface area contributed by atoms with Crippen molar-refractivity contribution in [1.82, 2.24) is 15.1 Å². The standard InChI is InChI=1S/C18H30N4O2.HI/c1-6-7-12-19-18(20-13-17(23)21(2)3)22(4)14-15-8-10-16(24-5)11-9-15;/h8-11H,6-7,12-14H2,1-5H3,(H,19,20);1H. The van der Waals surface area contributed by atoms with Gasteiger partial charge in [0, 0.05) is 34.2 Å². The van der Waals surface area contributed by atoms with Crippen LogP contribution in [0.4, 0.5) is 0 Å². The van der Waals surface area contributed by atoms with E-state index in [9.17, 15) is 4.79 Å². The predicted octanol–water partition coefficient (Wildman–Crippen LogP) is 2.58. The molecule has 0 unspecified atom stereocenters. The van der Waals surface area contributed by atoms with Gasteiger partial charge in [-0.2, -0.15) is 0 Å². The lowest BCUT2D eigenvalue weighted by molar-refractivity contribution is -0.127. The number of carbonyl (C=O) groups is 1. The van der Waals surface area contributed by atoms with Gasteiger partial charge in [-0.15, -0.1) is 24.0 Å². The Morgan fingerprint density at radius 3 is 2.36 bits per heavy atom. The van der Waals surface area contributed by atoms with Gasteiger partial charge < -0.3 is 19.9 Å². The highest BCUT2D eigenvalue weighted by Crippen LogP contribution is 2.12. The Hall–Kier alpha value is -1.51. The average molecular weight is 462 g/mol. The monoisotopic (exact) mass is 462 g/mol. The largest absolute Gasteiger partial charge is 0.497 e. The summed E-state index contributed by atoms with van der Waals surface area (Å²) in [6, 6.07) is 7.95. The van der Waals surface area contributed by atoms with Gasteiger partial charge in [0.05, 0.1) is 7.11 Å². The number of amides is 1. The zero-order valence-corrected chi connectivity index (χ0v) is 18.2. The second-order valence-electron chi connectivity index (χ2n) is 5.91. The lowest BCUT2D eigenvalue weighted by Gasteiger charge is -2.23. The van der Waals surface area contributed by atoms with Crippen LogP contribution in [0.25, 0.3) is 0 Å². The van der Waals surface area contributed by atoms with E-state index in [4.69, 9.17) is 4.74 Å². The molecular weight excluding hydrogens is 431 g/mol. The molecule has 1 rings (SSSR count). The maximum absolute atomic E-state index is 11.8. The van der Waals surface area contributed by atoms with Gasteiger partial charge in [-0.25, -0.2) is 4.99 Å². The Labute approximate surface area is 168 Å². The molecule has 0 radical (unpaired) electrons. The Bertz CT molecular complexity index is 532. The molecule has 0 aromatic heterocycles. The molecule has 0 aliphatic rings. The van der Waals surface area contributed by atoms with E-state index in [0.29, 0.717) is 6.54 Å². The molecule has 7 heteroatoms. The van der Waals surface area contributed by atoms with Crippen LogP contribution >= 0.6 is 24.0 Å². The molecule has 0 heterocycles. The summed E-state index contributed by atoms with van der Waals surface area (Å²) in [6.07, 6.45) is 2.18. The van der Waals surface area contributed by atoms with Crippen molar-refractivity contribution < 1.29 is 9.53 Å². The van der Waals surface area contributed by atoms with E-state index >= 15 is 0 Å². The summed E-state index contributed by atoms with van der Waals surface area (Å²) in [7, 11) is 7.11. The molecule has 6 nitrogen and oxygen atoms in total. The van der Waals surface area contributed by atoms with E-state index in [0.717, 1.165) is 36.7 Å². The number of guanidine groups is 1. The first-order chi connectivity index (χ1) is 11.5. The number of nitrogens with one attached hydrogen (secondary N) is 1. The highest BCUT2D eigenvalue weighted by atomic mass is 127. The molecule has 1 aromatic carbocycles. The van der Waals surface area contributed by atoms with E-state index in [-0.39, 0.29) is 36.4 Å². The lowest BCUT2D eigenvalue weighted by atomic mass is 10.2. The van der Waals surface area contributed by atoms with Crippen molar-refractivity contribution in [3.05, 3.63) is 29.8 Å². The Kier molecular flexibility index (Phi) is 12.0. The van der Waals surface area contributed by atoms with Gasteiger partial charge in [-0.1, -0.05) is 25.5 Å². The molecule has 0 spiro atoms. The number of methoxy groups -OCH3 is 1. The zero-order chi connectivity index (χ0) is 17.9. The maximum Gasteiger partial charge on any atom is 0.243 e. The van der Waals surface area contributed by atoms with Crippen LogP contribution in [-0.2, 0) is 11.3 Å². The number of benzene rings is 1.